The minimum absolute atomic E-state index is 0.340. The molecule has 1 heterocycles. The van der Waals surface area contributed by atoms with Gasteiger partial charge in [0.15, 0.2) is 0 Å². The van der Waals surface area contributed by atoms with Crippen LogP contribution in [-0.4, -0.2) is 11.8 Å². The maximum Gasteiger partial charge on any atom is 0.270 e. The summed E-state index contributed by atoms with van der Waals surface area (Å²) in [7, 11) is 0. The SMILES string of the molecule is Cc1cc(C(N)=O)c2c(c1)=NC(=O)C=2. The number of benzene rings is 1. The van der Waals surface area contributed by atoms with Crippen molar-refractivity contribution in [2.45, 2.75) is 6.92 Å². The molecule has 0 saturated carbocycles. The third-order valence-electron chi connectivity index (χ3n) is 2.07. The number of primary amides is 1. The first-order valence-corrected chi connectivity index (χ1v) is 4.13. The molecular weight excluding hydrogens is 180 g/mol. The Balaban J connectivity index is 2.91. The molecule has 0 bridgehead atoms. The Morgan fingerprint density at radius 3 is 2.79 bits per heavy atom. The van der Waals surface area contributed by atoms with E-state index in [1.807, 2.05) is 6.92 Å². The molecule has 2 N–H and O–H groups in total. The normalized spacial score (nSPS) is 13.1. The Morgan fingerprint density at radius 2 is 2.14 bits per heavy atom. The molecule has 14 heavy (non-hydrogen) atoms. The number of hydrogen-bond acceptors (Lipinski definition) is 2. The lowest BCUT2D eigenvalue weighted by atomic mass is 10.1. The highest BCUT2D eigenvalue weighted by Gasteiger charge is 2.11. The Morgan fingerprint density at radius 1 is 1.43 bits per heavy atom. The number of rotatable bonds is 1. The average molecular weight is 188 g/mol. The van der Waals surface area contributed by atoms with Crippen LogP contribution >= 0.6 is 0 Å². The Kier molecular flexibility index (Phi) is 1.70. The molecule has 0 saturated heterocycles. The third kappa shape index (κ3) is 1.21. The van der Waals surface area contributed by atoms with Gasteiger partial charge in [0.2, 0.25) is 5.91 Å². The zero-order chi connectivity index (χ0) is 10.3. The van der Waals surface area contributed by atoms with Crippen molar-refractivity contribution in [1.29, 1.82) is 0 Å². The summed E-state index contributed by atoms with van der Waals surface area (Å²) < 4.78 is 0. The van der Waals surface area contributed by atoms with E-state index in [9.17, 15) is 9.59 Å². The number of hydrogen-bond donors (Lipinski definition) is 1. The molecule has 0 aromatic heterocycles. The van der Waals surface area contributed by atoms with Crippen molar-refractivity contribution in [2.75, 3.05) is 0 Å². The second-order valence-corrected chi connectivity index (χ2v) is 3.20. The minimum Gasteiger partial charge on any atom is -0.366 e. The second kappa shape index (κ2) is 2.77. The molecule has 4 nitrogen and oxygen atoms in total. The van der Waals surface area contributed by atoms with Crippen LogP contribution in [0.3, 0.4) is 0 Å². The first-order chi connectivity index (χ1) is 6.58. The summed E-state index contributed by atoms with van der Waals surface area (Å²) in [5.41, 5.74) is 6.41. The van der Waals surface area contributed by atoms with Gasteiger partial charge in [0.05, 0.1) is 5.36 Å². The van der Waals surface area contributed by atoms with E-state index in [0.29, 0.717) is 16.1 Å². The summed E-state index contributed by atoms with van der Waals surface area (Å²) in [6, 6.07) is 3.41. The highest BCUT2D eigenvalue weighted by Crippen LogP contribution is 1.97. The summed E-state index contributed by atoms with van der Waals surface area (Å²) in [6.07, 6.45) is 1.33. The average Bonchev–Trinajstić information content (AvgIpc) is 2.42. The number of amides is 2. The fourth-order valence-electron chi connectivity index (χ4n) is 1.50. The second-order valence-electron chi connectivity index (χ2n) is 3.20. The van der Waals surface area contributed by atoms with Crippen molar-refractivity contribution >= 4 is 17.9 Å². The summed E-state index contributed by atoms with van der Waals surface area (Å²) >= 11 is 0. The maximum atomic E-state index is 11.1. The molecule has 2 amide bonds. The molecule has 0 radical (unpaired) electrons. The molecule has 0 fully saturated rings. The van der Waals surface area contributed by atoms with Crippen molar-refractivity contribution in [3.8, 4) is 0 Å². The molecular formula is C10H8N2O2. The standard InChI is InChI=1S/C10H8N2O2/c1-5-2-7(10(11)14)6-4-9(13)12-8(6)3-5/h2-4H,1H3,(H2,11,14). The number of carbonyl (C=O) groups is 2. The van der Waals surface area contributed by atoms with E-state index in [2.05, 4.69) is 4.99 Å². The van der Waals surface area contributed by atoms with E-state index in [-0.39, 0.29) is 5.91 Å². The third-order valence-corrected chi connectivity index (χ3v) is 2.07. The highest BCUT2D eigenvalue weighted by molar-refractivity contribution is 6.08. The van der Waals surface area contributed by atoms with Crippen LogP contribution in [0.15, 0.2) is 17.1 Å². The van der Waals surface area contributed by atoms with Gasteiger partial charge in [-0.25, -0.2) is 4.99 Å². The largest absolute Gasteiger partial charge is 0.366 e. The minimum atomic E-state index is -0.536. The summed E-state index contributed by atoms with van der Waals surface area (Å²) in [4.78, 5) is 25.8. The van der Waals surface area contributed by atoms with Crippen molar-refractivity contribution in [3.05, 3.63) is 33.8 Å². The smallest absolute Gasteiger partial charge is 0.270 e. The van der Waals surface area contributed by atoms with E-state index < -0.39 is 5.91 Å². The molecule has 1 aromatic rings. The summed E-state index contributed by atoms with van der Waals surface area (Å²) in [6.45, 7) is 1.82. The van der Waals surface area contributed by atoms with Crippen LogP contribution in [0.1, 0.15) is 15.9 Å². The van der Waals surface area contributed by atoms with Gasteiger partial charge in [-0.05, 0) is 24.6 Å². The predicted molar refractivity (Wildman–Crippen MR) is 49.9 cm³/mol. The zero-order valence-electron chi connectivity index (χ0n) is 7.57. The van der Waals surface area contributed by atoms with Gasteiger partial charge in [0.1, 0.15) is 0 Å². The van der Waals surface area contributed by atoms with Crippen LogP contribution in [-0.2, 0) is 4.79 Å². The fraction of sp³-hybridized carbons (Fsp3) is 0.100. The van der Waals surface area contributed by atoms with E-state index in [1.165, 1.54) is 6.08 Å². The molecule has 0 spiro atoms. The molecule has 0 atom stereocenters. The molecule has 70 valence electrons. The fourth-order valence-corrected chi connectivity index (χ4v) is 1.50. The van der Waals surface area contributed by atoms with Crippen LogP contribution in [0.25, 0.3) is 6.08 Å². The quantitative estimate of drug-likeness (QED) is 0.616. The Hall–Kier alpha value is -1.97. The van der Waals surface area contributed by atoms with Gasteiger partial charge in [-0.2, -0.15) is 0 Å². The van der Waals surface area contributed by atoms with Crippen LogP contribution in [0.5, 0.6) is 0 Å². The van der Waals surface area contributed by atoms with E-state index in [0.717, 1.165) is 5.56 Å². The van der Waals surface area contributed by atoms with Crippen LogP contribution in [0, 0.1) is 6.92 Å². The lowest BCUT2D eigenvalue weighted by molar-refractivity contribution is -0.112. The van der Waals surface area contributed by atoms with Gasteiger partial charge in [-0.3, -0.25) is 9.59 Å². The van der Waals surface area contributed by atoms with Gasteiger partial charge >= 0.3 is 0 Å². The summed E-state index contributed by atoms with van der Waals surface area (Å²) in [5.74, 6) is -0.876. The lowest BCUT2D eigenvalue weighted by Gasteiger charge is -1.97. The van der Waals surface area contributed by atoms with Crippen molar-refractivity contribution in [3.63, 3.8) is 0 Å². The van der Waals surface area contributed by atoms with Crippen LogP contribution < -0.4 is 16.3 Å². The lowest BCUT2D eigenvalue weighted by Crippen LogP contribution is -2.31. The Labute approximate surface area is 79.8 Å². The van der Waals surface area contributed by atoms with Gasteiger partial charge in [0, 0.05) is 16.9 Å². The van der Waals surface area contributed by atoms with Gasteiger partial charge in [-0.1, -0.05) is 0 Å². The van der Waals surface area contributed by atoms with Crippen molar-refractivity contribution in [1.82, 2.24) is 0 Å². The molecule has 2 rings (SSSR count). The van der Waals surface area contributed by atoms with Gasteiger partial charge in [0.25, 0.3) is 5.91 Å². The zero-order valence-corrected chi connectivity index (χ0v) is 7.57. The van der Waals surface area contributed by atoms with E-state index in [4.69, 9.17) is 5.73 Å². The number of nitrogens with zero attached hydrogens (tertiary/aromatic N) is 1. The Bertz CT molecular complexity index is 558. The van der Waals surface area contributed by atoms with Crippen LogP contribution in [0.4, 0.5) is 0 Å². The summed E-state index contributed by atoms with van der Waals surface area (Å²) in [5, 5.41) is 1.07. The van der Waals surface area contributed by atoms with Crippen molar-refractivity contribution < 1.29 is 9.59 Å². The molecule has 1 aliphatic heterocycles. The van der Waals surface area contributed by atoms with Crippen LogP contribution in [0.2, 0.25) is 0 Å². The number of carbonyl (C=O) groups excluding carboxylic acids is 2. The van der Waals surface area contributed by atoms with Crippen molar-refractivity contribution in [2.24, 2.45) is 10.7 Å². The topological polar surface area (TPSA) is 72.5 Å². The molecule has 0 unspecified atom stereocenters. The molecule has 4 heteroatoms. The van der Waals surface area contributed by atoms with E-state index >= 15 is 0 Å². The first-order valence-electron chi connectivity index (χ1n) is 4.13. The molecule has 1 aromatic carbocycles. The maximum absolute atomic E-state index is 11.1. The highest BCUT2D eigenvalue weighted by atomic mass is 16.1. The monoisotopic (exact) mass is 188 g/mol. The number of fused-ring (bicyclic) bond motifs is 1. The molecule has 0 aliphatic carbocycles. The van der Waals surface area contributed by atoms with E-state index in [1.54, 1.807) is 12.1 Å². The first kappa shape index (κ1) is 8.62. The number of nitrogens with two attached hydrogens (primary N) is 1. The van der Waals surface area contributed by atoms with Gasteiger partial charge < -0.3 is 5.73 Å². The predicted octanol–water partition coefficient (Wildman–Crippen LogP) is -0.966. The number of aryl methyl sites for hydroxylation is 1. The molecule has 1 aliphatic rings. The van der Waals surface area contributed by atoms with Gasteiger partial charge in [-0.15, -0.1) is 0 Å².